The lowest BCUT2D eigenvalue weighted by molar-refractivity contribution is -0.151. The second-order valence-corrected chi connectivity index (χ2v) is 5.37. The van der Waals surface area contributed by atoms with E-state index in [1.165, 1.54) is 0 Å². The molecule has 1 saturated heterocycles. The first-order valence-corrected chi connectivity index (χ1v) is 6.65. The van der Waals surface area contributed by atoms with Gasteiger partial charge in [-0.3, -0.25) is 9.59 Å². The maximum Gasteiger partial charge on any atom is 0.245 e. The van der Waals surface area contributed by atoms with Gasteiger partial charge < -0.3 is 10.2 Å². The van der Waals surface area contributed by atoms with Crippen LogP contribution in [0.1, 0.15) is 26.3 Å². The van der Waals surface area contributed by atoms with Gasteiger partial charge in [-0.25, -0.2) is 0 Å². The highest BCUT2D eigenvalue weighted by atomic mass is 16.2. The van der Waals surface area contributed by atoms with E-state index in [2.05, 4.69) is 5.32 Å². The fourth-order valence-corrected chi connectivity index (χ4v) is 2.51. The summed E-state index contributed by atoms with van der Waals surface area (Å²) in [6.45, 7) is 6.14. The van der Waals surface area contributed by atoms with Gasteiger partial charge in [0.2, 0.25) is 11.8 Å². The number of amides is 2. The second kappa shape index (κ2) is 5.43. The molecule has 102 valence electrons. The Hall–Kier alpha value is -1.84. The van der Waals surface area contributed by atoms with E-state index >= 15 is 0 Å². The average molecular weight is 260 g/mol. The van der Waals surface area contributed by atoms with E-state index in [4.69, 9.17) is 0 Å². The molecule has 19 heavy (non-hydrogen) atoms. The summed E-state index contributed by atoms with van der Waals surface area (Å²) in [5.41, 5.74) is 1.04. The molecule has 0 bridgehead atoms. The molecule has 0 aliphatic carbocycles. The summed E-state index contributed by atoms with van der Waals surface area (Å²) >= 11 is 0. The minimum atomic E-state index is -0.439. The summed E-state index contributed by atoms with van der Waals surface area (Å²) in [7, 11) is 0. The third kappa shape index (κ3) is 2.78. The minimum Gasteiger partial charge on any atom is -0.343 e. The lowest BCUT2D eigenvalue weighted by Crippen LogP contribution is -2.63. The normalized spacial score (nSPS) is 23.7. The van der Waals surface area contributed by atoms with E-state index in [0.717, 1.165) is 5.56 Å². The molecule has 1 N–H and O–H groups in total. The van der Waals surface area contributed by atoms with Crippen molar-refractivity contribution < 1.29 is 9.59 Å². The molecule has 1 aromatic rings. The van der Waals surface area contributed by atoms with Crippen LogP contribution in [-0.2, 0) is 16.1 Å². The highest BCUT2D eigenvalue weighted by molar-refractivity contribution is 5.96. The molecular formula is C15H20N2O2. The number of rotatable bonds is 3. The molecule has 0 radical (unpaired) electrons. The zero-order valence-electron chi connectivity index (χ0n) is 11.6. The molecule has 2 amide bonds. The Kier molecular flexibility index (Phi) is 3.88. The van der Waals surface area contributed by atoms with Crippen molar-refractivity contribution in [1.29, 1.82) is 0 Å². The van der Waals surface area contributed by atoms with Gasteiger partial charge in [0.05, 0.1) is 0 Å². The molecule has 2 rings (SSSR count). The van der Waals surface area contributed by atoms with E-state index in [-0.39, 0.29) is 23.8 Å². The van der Waals surface area contributed by atoms with Crippen molar-refractivity contribution in [2.75, 3.05) is 0 Å². The van der Waals surface area contributed by atoms with Crippen molar-refractivity contribution >= 4 is 11.8 Å². The lowest BCUT2D eigenvalue weighted by atomic mass is 9.96. The molecule has 4 nitrogen and oxygen atoms in total. The molecule has 0 spiro atoms. The molecule has 0 aromatic heterocycles. The first-order valence-electron chi connectivity index (χ1n) is 6.65. The number of piperazine rings is 1. The summed E-state index contributed by atoms with van der Waals surface area (Å²) in [5.74, 6) is 0.0281. The SMILES string of the molecule is CC1NC(=O)C(C(C)C)N(Cc2ccccc2)C1=O. The molecule has 2 atom stereocenters. The quantitative estimate of drug-likeness (QED) is 0.896. The summed E-state index contributed by atoms with van der Waals surface area (Å²) in [6.07, 6.45) is 0. The first-order chi connectivity index (χ1) is 9.00. The van der Waals surface area contributed by atoms with Crippen LogP contribution in [-0.4, -0.2) is 28.8 Å². The Balaban J connectivity index is 2.26. The van der Waals surface area contributed by atoms with Gasteiger partial charge in [-0.05, 0) is 18.4 Å². The first kappa shape index (κ1) is 13.6. The predicted molar refractivity (Wildman–Crippen MR) is 73.2 cm³/mol. The number of carbonyl (C=O) groups is 2. The van der Waals surface area contributed by atoms with E-state index in [0.29, 0.717) is 6.54 Å². The Morgan fingerprint density at radius 3 is 2.42 bits per heavy atom. The molecule has 2 unspecified atom stereocenters. The molecule has 0 saturated carbocycles. The fraction of sp³-hybridized carbons (Fsp3) is 0.467. The lowest BCUT2D eigenvalue weighted by Gasteiger charge is -2.40. The van der Waals surface area contributed by atoms with Crippen LogP contribution in [0.4, 0.5) is 0 Å². The van der Waals surface area contributed by atoms with Crippen LogP contribution in [0.5, 0.6) is 0 Å². The molecule has 4 heteroatoms. The van der Waals surface area contributed by atoms with Crippen molar-refractivity contribution in [3.63, 3.8) is 0 Å². The maximum atomic E-state index is 12.3. The van der Waals surface area contributed by atoms with Crippen LogP contribution in [0.3, 0.4) is 0 Å². The van der Waals surface area contributed by atoms with Gasteiger partial charge in [0.25, 0.3) is 0 Å². The second-order valence-electron chi connectivity index (χ2n) is 5.37. The fourth-order valence-electron chi connectivity index (χ4n) is 2.51. The van der Waals surface area contributed by atoms with E-state index in [1.807, 2.05) is 44.2 Å². The monoisotopic (exact) mass is 260 g/mol. The molecular weight excluding hydrogens is 240 g/mol. The summed E-state index contributed by atoms with van der Waals surface area (Å²) in [5, 5.41) is 2.75. The molecule has 1 heterocycles. The van der Waals surface area contributed by atoms with Gasteiger partial charge in [-0.1, -0.05) is 44.2 Å². The smallest absolute Gasteiger partial charge is 0.245 e. The standard InChI is InChI=1S/C15H20N2O2/c1-10(2)13-14(18)16-11(3)15(19)17(13)9-12-7-5-4-6-8-12/h4-8,10-11,13H,9H2,1-3H3,(H,16,18). The largest absolute Gasteiger partial charge is 0.343 e. The van der Waals surface area contributed by atoms with Crippen molar-refractivity contribution in [2.24, 2.45) is 5.92 Å². The number of hydrogen-bond donors (Lipinski definition) is 1. The molecule has 1 fully saturated rings. The number of benzene rings is 1. The number of hydrogen-bond acceptors (Lipinski definition) is 2. The van der Waals surface area contributed by atoms with Gasteiger partial charge in [0, 0.05) is 6.54 Å². The molecule has 1 aromatic carbocycles. The highest BCUT2D eigenvalue weighted by Gasteiger charge is 2.39. The van der Waals surface area contributed by atoms with Crippen molar-refractivity contribution in [3.05, 3.63) is 35.9 Å². The van der Waals surface area contributed by atoms with Crippen molar-refractivity contribution in [1.82, 2.24) is 10.2 Å². The van der Waals surface area contributed by atoms with Crippen molar-refractivity contribution in [3.8, 4) is 0 Å². The third-order valence-corrected chi connectivity index (χ3v) is 3.44. The van der Waals surface area contributed by atoms with Crippen LogP contribution < -0.4 is 5.32 Å². The Bertz CT molecular complexity index is 470. The average Bonchev–Trinajstić information content (AvgIpc) is 2.36. The predicted octanol–water partition coefficient (Wildman–Crippen LogP) is 1.56. The van der Waals surface area contributed by atoms with Gasteiger partial charge in [0.15, 0.2) is 0 Å². The van der Waals surface area contributed by atoms with Gasteiger partial charge >= 0.3 is 0 Å². The summed E-state index contributed by atoms with van der Waals surface area (Å²) in [4.78, 5) is 26.1. The minimum absolute atomic E-state index is 0.0119. The zero-order valence-corrected chi connectivity index (χ0v) is 11.6. The summed E-state index contributed by atoms with van der Waals surface area (Å²) < 4.78 is 0. The van der Waals surface area contributed by atoms with Gasteiger partial charge in [0.1, 0.15) is 12.1 Å². The van der Waals surface area contributed by atoms with Crippen LogP contribution in [0.2, 0.25) is 0 Å². The van der Waals surface area contributed by atoms with E-state index in [9.17, 15) is 9.59 Å². The van der Waals surface area contributed by atoms with Crippen LogP contribution in [0, 0.1) is 5.92 Å². The number of nitrogens with zero attached hydrogens (tertiary/aromatic N) is 1. The maximum absolute atomic E-state index is 12.3. The number of nitrogens with one attached hydrogen (secondary N) is 1. The van der Waals surface area contributed by atoms with E-state index < -0.39 is 6.04 Å². The van der Waals surface area contributed by atoms with Crippen LogP contribution >= 0.6 is 0 Å². The molecule has 1 aliphatic heterocycles. The molecule has 1 aliphatic rings. The summed E-state index contributed by atoms with van der Waals surface area (Å²) in [6, 6.07) is 8.95. The van der Waals surface area contributed by atoms with Gasteiger partial charge in [-0.2, -0.15) is 0 Å². The third-order valence-electron chi connectivity index (χ3n) is 3.44. The van der Waals surface area contributed by atoms with E-state index in [1.54, 1.807) is 11.8 Å². The number of carbonyl (C=O) groups excluding carboxylic acids is 2. The van der Waals surface area contributed by atoms with Crippen LogP contribution in [0.25, 0.3) is 0 Å². The van der Waals surface area contributed by atoms with Gasteiger partial charge in [-0.15, -0.1) is 0 Å². The Morgan fingerprint density at radius 2 is 1.84 bits per heavy atom. The van der Waals surface area contributed by atoms with Crippen molar-refractivity contribution in [2.45, 2.75) is 39.4 Å². The topological polar surface area (TPSA) is 49.4 Å². The highest BCUT2D eigenvalue weighted by Crippen LogP contribution is 2.20. The van der Waals surface area contributed by atoms with Crippen LogP contribution in [0.15, 0.2) is 30.3 Å². The zero-order chi connectivity index (χ0) is 14.0. The Morgan fingerprint density at radius 1 is 1.21 bits per heavy atom. The Labute approximate surface area is 113 Å².